The maximum atomic E-state index is 13.9. The second kappa shape index (κ2) is 8.11. The monoisotopic (exact) mass is 342 g/mol. The molecule has 2 rings (SSSR count). The van der Waals surface area contributed by atoms with Crippen LogP contribution in [0.2, 0.25) is 0 Å². The van der Waals surface area contributed by atoms with E-state index in [1.165, 1.54) is 12.8 Å². The van der Waals surface area contributed by atoms with Crippen molar-refractivity contribution in [2.75, 3.05) is 26.2 Å². The number of piperidine rings is 1. The van der Waals surface area contributed by atoms with Crippen molar-refractivity contribution in [3.63, 3.8) is 0 Å². The van der Waals surface area contributed by atoms with E-state index in [1.807, 2.05) is 6.07 Å². The minimum atomic E-state index is -0.0976. The van der Waals surface area contributed by atoms with Crippen LogP contribution in [0.3, 0.4) is 0 Å². The minimum absolute atomic E-state index is 0.0976. The van der Waals surface area contributed by atoms with Gasteiger partial charge in [-0.25, -0.2) is 4.39 Å². The Bertz CT molecular complexity index is 419. The Labute approximate surface area is 129 Å². The minimum Gasteiger partial charge on any atom is -0.317 e. The fourth-order valence-corrected chi connectivity index (χ4v) is 3.29. The molecule has 0 saturated carbocycles. The molecule has 0 aliphatic carbocycles. The van der Waals surface area contributed by atoms with Gasteiger partial charge in [0.25, 0.3) is 0 Å². The first-order valence-corrected chi connectivity index (χ1v) is 8.35. The number of halogens is 2. The highest BCUT2D eigenvalue weighted by molar-refractivity contribution is 9.10. The summed E-state index contributed by atoms with van der Waals surface area (Å²) >= 11 is 3.43. The second-order valence-electron chi connectivity index (χ2n) is 5.66. The van der Waals surface area contributed by atoms with E-state index in [2.05, 4.69) is 33.1 Å². The van der Waals surface area contributed by atoms with Gasteiger partial charge in [-0.05, 0) is 63.0 Å². The second-order valence-corrected chi connectivity index (χ2v) is 6.58. The van der Waals surface area contributed by atoms with Gasteiger partial charge < -0.3 is 5.32 Å². The summed E-state index contributed by atoms with van der Waals surface area (Å²) in [5, 5.41) is 3.40. The lowest BCUT2D eigenvalue weighted by Gasteiger charge is -2.30. The Morgan fingerprint density at radius 1 is 1.35 bits per heavy atom. The molecular formula is C16H24BrFN2. The zero-order valence-corrected chi connectivity index (χ0v) is 13.8. The van der Waals surface area contributed by atoms with Gasteiger partial charge in [-0.3, -0.25) is 4.90 Å². The van der Waals surface area contributed by atoms with Crippen LogP contribution in [0.5, 0.6) is 0 Å². The topological polar surface area (TPSA) is 15.3 Å². The molecule has 1 saturated heterocycles. The standard InChI is InChI=1S/C16H24BrFN2/c1-2-9-20(11-13-5-7-19-8-6-13)12-14-10-15(17)3-4-16(14)18/h3-4,10,13,19H,2,5-9,11-12H2,1H3. The number of rotatable bonds is 6. The van der Waals surface area contributed by atoms with E-state index in [1.54, 1.807) is 12.1 Å². The van der Waals surface area contributed by atoms with Gasteiger partial charge in [0.1, 0.15) is 5.82 Å². The zero-order valence-electron chi connectivity index (χ0n) is 12.2. The average molecular weight is 343 g/mol. The fraction of sp³-hybridized carbons (Fsp3) is 0.625. The van der Waals surface area contributed by atoms with Crippen LogP contribution in [0.1, 0.15) is 31.7 Å². The predicted octanol–water partition coefficient (Wildman–Crippen LogP) is 3.80. The molecule has 1 fully saturated rings. The van der Waals surface area contributed by atoms with Crippen LogP contribution < -0.4 is 5.32 Å². The number of hydrogen-bond donors (Lipinski definition) is 1. The van der Waals surface area contributed by atoms with Crippen molar-refractivity contribution in [2.45, 2.75) is 32.7 Å². The normalized spacial score (nSPS) is 16.8. The Morgan fingerprint density at radius 2 is 2.10 bits per heavy atom. The molecule has 4 heteroatoms. The first-order valence-electron chi connectivity index (χ1n) is 7.56. The molecule has 0 unspecified atom stereocenters. The summed E-state index contributed by atoms with van der Waals surface area (Å²) < 4.78 is 14.8. The van der Waals surface area contributed by atoms with Gasteiger partial charge in [0, 0.05) is 23.1 Å². The van der Waals surface area contributed by atoms with Crippen molar-refractivity contribution in [1.82, 2.24) is 10.2 Å². The molecule has 112 valence electrons. The lowest BCUT2D eigenvalue weighted by molar-refractivity contribution is 0.197. The van der Waals surface area contributed by atoms with Gasteiger partial charge in [0.15, 0.2) is 0 Å². The van der Waals surface area contributed by atoms with Gasteiger partial charge in [0.05, 0.1) is 0 Å². The summed E-state index contributed by atoms with van der Waals surface area (Å²) in [5.41, 5.74) is 0.793. The molecule has 1 aliphatic rings. The van der Waals surface area contributed by atoms with Gasteiger partial charge >= 0.3 is 0 Å². The fourth-order valence-electron chi connectivity index (χ4n) is 2.89. The van der Waals surface area contributed by atoms with Crippen molar-refractivity contribution in [2.24, 2.45) is 5.92 Å². The molecule has 0 amide bonds. The molecular weight excluding hydrogens is 319 g/mol. The molecule has 0 radical (unpaired) electrons. The molecule has 1 aliphatic heterocycles. The molecule has 1 heterocycles. The summed E-state index contributed by atoms with van der Waals surface area (Å²) in [6.07, 6.45) is 3.59. The highest BCUT2D eigenvalue weighted by atomic mass is 79.9. The summed E-state index contributed by atoms with van der Waals surface area (Å²) in [5.74, 6) is 0.651. The van der Waals surface area contributed by atoms with Crippen molar-refractivity contribution in [3.05, 3.63) is 34.1 Å². The van der Waals surface area contributed by atoms with Crippen LogP contribution in [-0.2, 0) is 6.54 Å². The summed E-state index contributed by atoms with van der Waals surface area (Å²) in [6, 6.07) is 5.21. The van der Waals surface area contributed by atoms with Crippen LogP contribution >= 0.6 is 15.9 Å². The molecule has 1 aromatic carbocycles. The summed E-state index contributed by atoms with van der Waals surface area (Å²) in [6.45, 7) is 7.26. The maximum Gasteiger partial charge on any atom is 0.127 e. The molecule has 0 spiro atoms. The predicted molar refractivity (Wildman–Crippen MR) is 85.3 cm³/mol. The number of hydrogen-bond acceptors (Lipinski definition) is 2. The molecule has 0 aromatic heterocycles. The maximum absolute atomic E-state index is 13.9. The Kier molecular flexibility index (Phi) is 6.46. The third kappa shape index (κ3) is 4.83. The first-order chi connectivity index (χ1) is 9.69. The number of nitrogens with one attached hydrogen (secondary N) is 1. The number of benzene rings is 1. The van der Waals surface area contributed by atoms with Crippen molar-refractivity contribution >= 4 is 15.9 Å². The molecule has 0 atom stereocenters. The van der Waals surface area contributed by atoms with E-state index in [0.717, 1.165) is 48.6 Å². The highest BCUT2D eigenvalue weighted by Gasteiger charge is 2.17. The molecule has 20 heavy (non-hydrogen) atoms. The Hall–Kier alpha value is -0.450. The van der Waals surface area contributed by atoms with Crippen LogP contribution in [0.15, 0.2) is 22.7 Å². The van der Waals surface area contributed by atoms with Crippen LogP contribution in [-0.4, -0.2) is 31.1 Å². The van der Waals surface area contributed by atoms with E-state index in [-0.39, 0.29) is 5.82 Å². The van der Waals surface area contributed by atoms with Crippen molar-refractivity contribution < 1.29 is 4.39 Å². The average Bonchev–Trinajstić information content (AvgIpc) is 2.44. The van der Waals surface area contributed by atoms with Crippen molar-refractivity contribution in [1.29, 1.82) is 0 Å². The van der Waals surface area contributed by atoms with Gasteiger partial charge in [-0.1, -0.05) is 22.9 Å². The molecule has 1 aromatic rings. The number of nitrogens with zero attached hydrogens (tertiary/aromatic N) is 1. The van der Waals surface area contributed by atoms with Crippen LogP contribution in [0, 0.1) is 11.7 Å². The van der Waals surface area contributed by atoms with Crippen LogP contribution in [0.25, 0.3) is 0 Å². The summed E-state index contributed by atoms with van der Waals surface area (Å²) in [4.78, 5) is 2.40. The van der Waals surface area contributed by atoms with E-state index in [0.29, 0.717) is 6.54 Å². The third-order valence-electron chi connectivity index (χ3n) is 3.92. The van der Waals surface area contributed by atoms with E-state index >= 15 is 0 Å². The SMILES string of the molecule is CCCN(Cc1cc(Br)ccc1F)CC1CCNCC1. The molecule has 2 nitrogen and oxygen atoms in total. The van der Waals surface area contributed by atoms with Gasteiger partial charge in [-0.15, -0.1) is 0 Å². The van der Waals surface area contributed by atoms with Crippen molar-refractivity contribution in [3.8, 4) is 0 Å². The van der Waals surface area contributed by atoms with E-state index < -0.39 is 0 Å². The largest absolute Gasteiger partial charge is 0.317 e. The quantitative estimate of drug-likeness (QED) is 0.845. The molecule has 1 N–H and O–H groups in total. The van der Waals surface area contributed by atoms with E-state index in [4.69, 9.17) is 0 Å². The lowest BCUT2D eigenvalue weighted by atomic mass is 9.97. The Balaban J connectivity index is 1.98. The third-order valence-corrected chi connectivity index (χ3v) is 4.41. The first kappa shape index (κ1) is 15.9. The lowest BCUT2D eigenvalue weighted by Crippen LogP contribution is -2.36. The van der Waals surface area contributed by atoms with Crippen LogP contribution in [0.4, 0.5) is 4.39 Å². The highest BCUT2D eigenvalue weighted by Crippen LogP contribution is 2.20. The smallest absolute Gasteiger partial charge is 0.127 e. The van der Waals surface area contributed by atoms with E-state index in [9.17, 15) is 4.39 Å². The zero-order chi connectivity index (χ0) is 14.4. The molecule has 0 bridgehead atoms. The Morgan fingerprint density at radius 3 is 2.80 bits per heavy atom. The van der Waals surface area contributed by atoms with Gasteiger partial charge in [0.2, 0.25) is 0 Å². The van der Waals surface area contributed by atoms with Gasteiger partial charge in [-0.2, -0.15) is 0 Å². The summed E-state index contributed by atoms with van der Waals surface area (Å²) in [7, 11) is 0.